The minimum atomic E-state index is -3.43. The van der Waals surface area contributed by atoms with Gasteiger partial charge in [-0.15, -0.1) is 0 Å². The van der Waals surface area contributed by atoms with Crippen LogP contribution in [-0.4, -0.2) is 15.0 Å². The van der Waals surface area contributed by atoms with Crippen molar-refractivity contribution in [3.8, 4) is 0 Å². The molecule has 0 amide bonds. The van der Waals surface area contributed by atoms with Gasteiger partial charge in [-0.05, 0) is 36.5 Å². The van der Waals surface area contributed by atoms with E-state index in [1.165, 1.54) is 12.8 Å². The molecule has 0 spiro atoms. The summed E-state index contributed by atoms with van der Waals surface area (Å²) in [5.74, 6) is 0.722. The molecule has 16 heavy (non-hydrogen) atoms. The topological polar surface area (TPSA) is 72.2 Å². The summed E-state index contributed by atoms with van der Waals surface area (Å²) in [5.41, 5.74) is 1.75. The van der Waals surface area contributed by atoms with Crippen LogP contribution in [0.5, 0.6) is 0 Å². The highest BCUT2D eigenvalue weighted by atomic mass is 32.2. The zero-order valence-corrected chi connectivity index (χ0v) is 9.83. The third kappa shape index (κ3) is 3.83. The van der Waals surface area contributed by atoms with Gasteiger partial charge in [-0.3, -0.25) is 0 Å². The first-order valence-electron chi connectivity index (χ1n) is 5.36. The molecule has 1 fully saturated rings. The number of sulfonamides is 1. The van der Waals surface area contributed by atoms with Crippen LogP contribution in [0.15, 0.2) is 24.3 Å². The predicted molar refractivity (Wildman–Crippen MR) is 64.5 cm³/mol. The third-order valence-electron chi connectivity index (χ3n) is 2.61. The zero-order valence-electron chi connectivity index (χ0n) is 9.02. The van der Waals surface area contributed by atoms with Gasteiger partial charge in [0, 0.05) is 12.2 Å². The minimum Gasteiger partial charge on any atom is -0.385 e. The fraction of sp³-hybridized carbons (Fsp3) is 0.455. The van der Waals surface area contributed by atoms with Crippen LogP contribution < -0.4 is 10.5 Å². The first-order chi connectivity index (χ1) is 7.53. The standard InChI is InChI=1S/C11H16N2O2S/c12-16(14,15)8-10-3-5-11(6-4-10)13-7-9-1-2-9/h3-6,9,13H,1-2,7-8H2,(H2,12,14,15). The van der Waals surface area contributed by atoms with Gasteiger partial charge < -0.3 is 5.32 Å². The lowest BCUT2D eigenvalue weighted by atomic mass is 10.2. The number of rotatable bonds is 5. The average Bonchev–Trinajstić information content (AvgIpc) is 2.98. The van der Waals surface area contributed by atoms with Crippen molar-refractivity contribution in [3.63, 3.8) is 0 Å². The summed E-state index contributed by atoms with van der Waals surface area (Å²) >= 11 is 0. The first-order valence-corrected chi connectivity index (χ1v) is 7.08. The van der Waals surface area contributed by atoms with E-state index >= 15 is 0 Å². The Morgan fingerprint density at radius 1 is 1.25 bits per heavy atom. The van der Waals surface area contributed by atoms with E-state index in [4.69, 9.17) is 5.14 Å². The van der Waals surface area contributed by atoms with Crippen LogP contribution >= 0.6 is 0 Å². The lowest BCUT2D eigenvalue weighted by Crippen LogP contribution is -2.14. The van der Waals surface area contributed by atoms with Crippen LogP contribution in [-0.2, 0) is 15.8 Å². The fourth-order valence-electron chi connectivity index (χ4n) is 1.54. The van der Waals surface area contributed by atoms with Crippen LogP contribution in [0, 0.1) is 5.92 Å². The molecule has 0 radical (unpaired) electrons. The maximum Gasteiger partial charge on any atom is 0.213 e. The van der Waals surface area contributed by atoms with Gasteiger partial charge in [-0.2, -0.15) is 0 Å². The van der Waals surface area contributed by atoms with Gasteiger partial charge in [0.1, 0.15) is 0 Å². The van der Waals surface area contributed by atoms with E-state index in [1.807, 2.05) is 12.1 Å². The third-order valence-corrected chi connectivity index (χ3v) is 3.35. The minimum absolute atomic E-state index is 0.101. The number of hydrogen-bond acceptors (Lipinski definition) is 3. The monoisotopic (exact) mass is 240 g/mol. The molecule has 0 aromatic heterocycles. The Kier molecular flexibility index (Phi) is 3.16. The van der Waals surface area contributed by atoms with Gasteiger partial charge in [0.05, 0.1) is 5.75 Å². The highest BCUT2D eigenvalue weighted by molar-refractivity contribution is 7.88. The molecular formula is C11H16N2O2S. The Hall–Kier alpha value is -1.07. The van der Waals surface area contributed by atoms with Crippen LogP contribution in [0.25, 0.3) is 0 Å². The molecule has 0 unspecified atom stereocenters. The van der Waals surface area contributed by atoms with E-state index < -0.39 is 10.0 Å². The first kappa shape index (κ1) is 11.4. The van der Waals surface area contributed by atoms with Crippen LogP contribution in [0.2, 0.25) is 0 Å². The molecule has 1 aromatic carbocycles. The summed E-state index contributed by atoms with van der Waals surface area (Å²) in [7, 11) is -3.43. The summed E-state index contributed by atoms with van der Waals surface area (Å²) in [5, 5.41) is 8.28. The van der Waals surface area contributed by atoms with E-state index in [1.54, 1.807) is 12.1 Å². The molecule has 1 aromatic rings. The maximum absolute atomic E-state index is 10.9. The molecule has 1 aliphatic carbocycles. The number of nitrogens with one attached hydrogen (secondary N) is 1. The molecule has 4 nitrogen and oxygen atoms in total. The number of anilines is 1. The van der Waals surface area contributed by atoms with Gasteiger partial charge in [0.2, 0.25) is 10.0 Å². The van der Waals surface area contributed by atoms with Crippen molar-refractivity contribution in [1.82, 2.24) is 0 Å². The Bertz CT molecular complexity index is 449. The summed E-state index contributed by atoms with van der Waals surface area (Å²) in [6, 6.07) is 7.37. The Morgan fingerprint density at radius 3 is 2.38 bits per heavy atom. The predicted octanol–water partition coefficient (Wildman–Crippen LogP) is 1.30. The fourth-order valence-corrected chi connectivity index (χ4v) is 2.19. The second-order valence-corrected chi connectivity index (χ2v) is 5.94. The Balaban J connectivity index is 1.92. The van der Waals surface area contributed by atoms with E-state index in [2.05, 4.69) is 5.32 Å². The highest BCUT2D eigenvalue weighted by Gasteiger charge is 2.20. The van der Waals surface area contributed by atoms with Gasteiger partial charge >= 0.3 is 0 Å². The Morgan fingerprint density at radius 2 is 1.88 bits per heavy atom. The molecule has 2 rings (SSSR count). The second-order valence-electron chi connectivity index (χ2n) is 4.33. The largest absolute Gasteiger partial charge is 0.385 e. The zero-order chi connectivity index (χ0) is 11.6. The molecular weight excluding hydrogens is 224 g/mol. The SMILES string of the molecule is NS(=O)(=O)Cc1ccc(NCC2CC2)cc1. The van der Waals surface area contributed by atoms with Gasteiger partial charge in [-0.25, -0.2) is 13.6 Å². The van der Waals surface area contributed by atoms with E-state index in [0.29, 0.717) is 0 Å². The van der Waals surface area contributed by atoms with Crippen molar-refractivity contribution < 1.29 is 8.42 Å². The molecule has 3 N–H and O–H groups in total. The van der Waals surface area contributed by atoms with Crippen molar-refractivity contribution in [2.75, 3.05) is 11.9 Å². The van der Waals surface area contributed by atoms with Gasteiger partial charge in [0.15, 0.2) is 0 Å². The van der Waals surface area contributed by atoms with E-state index in [9.17, 15) is 8.42 Å². The maximum atomic E-state index is 10.9. The highest BCUT2D eigenvalue weighted by Crippen LogP contribution is 2.28. The van der Waals surface area contributed by atoms with Gasteiger partial charge in [0.25, 0.3) is 0 Å². The van der Waals surface area contributed by atoms with E-state index in [0.717, 1.165) is 23.7 Å². The smallest absolute Gasteiger partial charge is 0.213 e. The molecule has 0 aliphatic heterocycles. The number of nitrogens with two attached hydrogens (primary N) is 1. The second kappa shape index (κ2) is 4.43. The van der Waals surface area contributed by atoms with E-state index in [-0.39, 0.29) is 5.75 Å². The van der Waals surface area contributed by atoms with Crippen molar-refractivity contribution >= 4 is 15.7 Å². The number of benzene rings is 1. The average molecular weight is 240 g/mol. The molecule has 1 aliphatic rings. The molecule has 0 bridgehead atoms. The molecule has 88 valence electrons. The summed E-state index contributed by atoms with van der Waals surface area (Å²) < 4.78 is 21.7. The summed E-state index contributed by atoms with van der Waals surface area (Å²) in [4.78, 5) is 0. The van der Waals surface area contributed by atoms with Crippen LogP contribution in [0.3, 0.4) is 0 Å². The Labute approximate surface area is 95.9 Å². The number of primary sulfonamides is 1. The number of hydrogen-bond donors (Lipinski definition) is 2. The van der Waals surface area contributed by atoms with Crippen LogP contribution in [0.1, 0.15) is 18.4 Å². The molecule has 0 saturated heterocycles. The molecule has 0 heterocycles. The normalized spacial score (nSPS) is 16.1. The molecule has 5 heteroatoms. The lowest BCUT2D eigenvalue weighted by Gasteiger charge is -2.06. The van der Waals surface area contributed by atoms with Crippen molar-refractivity contribution in [2.45, 2.75) is 18.6 Å². The van der Waals surface area contributed by atoms with Gasteiger partial charge in [-0.1, -0.05) is 12.1 Å². The van der Waals surface area contributed by atoms with Crippen LogP contribution in [0.4, 0.5) is 5.69 Å². The summed E-state index contributed by atoms with van der Waals surface area (Å²) in [6.07, 6.45) is 2.63. The van der Waals surface area contributed by atoms with Crippen molar-refractivity contribution in [3.05, 3.63) is 29.8 Å². The quantitative estimate of drug-likeness (QED) is 0.814. The summed E-state index contributed by atoms with van der Waals surface area (Å²) in [6.45, 7) is 1.01. The lowest BCUT2D eigenvalue weighted by molar-refractivity contribution is 0.597. The van der Waals surface area contributed by atoms with Crippen molar-refractivity contribution in [2.24, 2.45) is 11.1 Å². The van der Waals surface area contributed by atoms with Crippen molar-refractivity contribution in [1.29, 1.82) is 0 Å². The molecule has 1 saturated carbocycles. The molecule has 0 atom stereocenters.